The van der Waals surface area contributed by atoms with Crippen molar-refractivity contribution in [2.45, 2.75) is 69.6 Å². The van der Waals surface area contributed by atoms with Crippen molar-refractivity contribution < 1.29 is 28.3 Å². The summed E-state index contributed by atoms with van der Waals surface area (Å²) in [6.45, 7) is 5.80. The summed E-state index contributed by atoms with van der Waals surface area (Å²) < 4.78 is 22.4. The van der Waals surface area contributed by atoms with Crippen LogP contribution in [-0.4, -0.2) is 113 Å². The first-order valence-corrected chi connectivity index (χ1v) is 21.8. The smallest absolute Gasteiger partial charge is 0.258 e. The summed E-state index contributed by atoms with van der Waals surface area (Å²) in [7, 11) is 1.53. The first-order chi connectivity index (χ1) is 29.2. The number of likely N-dealkylation sites (tertiary alicyclic amines) is 1. The molecule has 9 rings (SSSR count). The van der Waals surface area contributed by atoms with Crippen LogP contribution in [-0.2, 0) is 9.59 Å². The summed E-state index contributed by atoms with van der Waals surface area (Å²) >= 11 is 1.38. The predicted octanol–water partition coefficient (Wildman–Crippen LogP) is 5.33. The number of hydrogen-bond acceptors (Lipinski definition) is 12. The number of thiophene rings is 1. The molecule has 4 saturated heterocycles. The number of anilines is 3. The van der Waals surface area contributed by atoms with E-state index in [1.54, 1.807) is 23.8 Å². The molecule has 1 unspecified atom stereocenters. The zero-order valence-electron chi connectivity index (χ0n) is 33.6. The quantitative estimate of drug-likeness (QED) is 0.156. The third-order valence-corrected chi connectivity index (χ3v) is 13.3. The topological polar surface area (TPSA) is 167 Å². The van der Waals surface area contributed by atoms with E-state index >= 15 is 0 Å². The van der Waals surface area contributed by atoms with Crippen LogP contribution in [0.5, 0.6) is 5.75 Å². The molecule has 4 aliphatic rings. The van der Waals surface area contributed by atoms with Crippen molar-refractivity contribution >= 4 is 73.3 Å². The second kappa shape index (κ2) is 17.1. The minimum absolute atomic E-state index is 0.187. The van der Waals surface area contributed by atoms with Crippen molar-refractivity contribution in [1.29, 1.82) is 0 Å². The van der Waals surface area contributed by atoms with Crippen LogP contribution in [0.3, 0.4) is 0 Å². The molecule has 0 radical (unpaired) electrons. The number of nitrogens with zero attached hydrogens (tertiary/aromatic N) is 7. The summed E-state index contributed by atoms with van der Waals surface area (Å²) in [4.78, 5) is 66.7. The molecule has 0 aliphatic carbocycles. The molecular weight excluding hydrogens is 788 g/mol. The van der Waals surface area contributed by atoms with Crippen LogP contribution in [0, 0.1) is 5.92 Å². The molecule has 2 atom stereocenters. The number of fused-ring (bicyclic) bond motifs is 2. The molecule has 5 aromatic rings. The second-order valence-corrected chi connectivity index (χ2v) is 17.2. The van der Waals surface area contributed by atoms with Crippen molar-refractivity contribution in [2.24, 2.45) is 5.92 Å². The third kappa shape index (κ3) is 8.37. The number of amides is 4. The molecule has 0 spiro atoms. The maximum atomic E-state index is 14.7. The maximum absolute atomic E-state index is 14.7. The maximum Gasteiger partial charge on any atom is 0.258 e. The summed E-state index contributed by atoms with van der Waals surface area (Å²) in [5.74, 6) is -0.483. The third-order valence-electron chi connectivity index (χ3n) is 12.4. The number of piperidine rings is 4. The molecule has 2 aromatic carbocycles. The molecule has 17 heteroatoms. The standard InChI is InChI=1S/C43H49FN10O5S/c1-59-37-20-30(4-5-31(37)40(56)47-33-6-7-38(55)49-42(33)58)52-17-8-26(9-18-52)22-51-15-10-29(11-16-51)54-23-27-19-35(36(21-34(27)50-54)53-14-2-3-28(44)24-53)48-41(57)32-25-60-43-39(32)45-12-13-46-43/h4-5,12-13,19-21,23,25-26,28-29,33H,2-3,6-11,14-18,22,24H2,1H3,(H,47,56)(H,48,57)(H,49,55,58)/t28?,33-/m0/s1. The van der Waals surface area contributed by atoms with E-state index in [9.17, 15) is 23.6 Å². The lowest BCUT2D eigenvalue weighted by Gasteiger charge is -2.38. The fourth-order valence-corrected chi connectivity index (χ4v) is 9.97. The average Bonchev–Trinajstić information content (AvgIpc) is 3.89. The Morgan fingerprint density at radius 3 is 2.53 bits per heavy atom. The summed E-state index contributed by atoms with van der Waals surface area (Å²) in [6, 6.07) is 9.02. The van der Waals surface area contributed by atoms with Crippen LogP contribution >= 0.6 is 11.3 Å². The van der Waals surface area contributed by atoms with Gasteiger partial charge >= 0.3 is 0 Å². The van der Waals surface area contributed by atoms with Gasteiger partial charge in [-0.1, -0.05) is 0 Å². The van der Waals surface area contributed by atoms with Gasteiger partial charge in [0.15, 0.2) is 0 Å². The Morgan fingerprint density at radius 2 is 1.75 bits per heavy atom. The van der Waals surface area contributed by atoms with Crippen LogP contribution in [0.2, 0.25) is 0 Å². The van der Waals surface area contributed by atoms with E-state index in [-0.39, 0.29) is 37.2 Å². The van der Waals surface area contributed by atoms with Crippen molar-refractivity contribution in [3.63, 3.8) is 0 Å². The van der Waals surface area contributed by atoms with Gasteiger partial charge in [0.05, 0.1) is 41.2 Å². The number of alkyl halides is 1. The Balaban J connectivity index is 0.805. The Kier molecular flexibility index (Phi) is 11.3. The minimum Gasteiger partial charge on any atom is -0.496 e. The number of halogens is 1. The first kappa shape index (κ1) is 39.8. The molecular formula is C43H49FN10O5S. The average molecular weight is 837 g/mol. The Hall–Kier alpha value is -5.68. The molecule has 15 nitrogen and oxygen atoms in total. The van der Waals surface area contributed by atoms with Gasteiger partial charge in [-0.05, 0) is 75.1 Å². The van der Waals surface area contributed by atoms with Crippen LogP contribution in [0.4, 0.5) is 21.5 Å². The molecule has 7 heterocycles. The molecule has 4 aliphatic heterocycles. The molecule has 3 N–H and O–H groups in total. The number of ether oxygens (including phenoxy) is 1. The Bertz CT molecular complexity index is 2420. The van der Waals surface area contributed by atoms with E-state index in [2.05, 4.69) is 46.6 Å². The Labute approximate surface area is 350 Å². The molecule has 0 bridgehead atoms. The molecule has 60 heavy (non-hydrogen) atoms. The predicted molar refractivity (Wildman–Crippen MR) is 228 cm³/mol. The van der Waals surface area contributed by atoms with Crippen LogP contribution < -0.4 is 30.5 Å². The van der Waals surface area contributed by atoms with Crippen LogP contribution in [0.1, 0.15) is 78.1 Å². The number of imide groups is 1. The van der Waals surface area contributed by atoms with Crippen molar-refractivity contribution in [1.82, 2.24) is 35.3 Å². The number of aromatic nitrogens is 4. The van der Waals surface area contributed by atoms with E-state index in [0.717, 1.165) is 87.1 Å². The minimum atomic E-state index is -0.928. The summed E-state index contributed by atoms with van der Waals surface area (Å²) in [5.41, 5.74) is 4.61. The number of carbonyl (C=O) groups is 4. The van der Waals surface area contributed by atoms with Gasteiger partial charge in [-0.3, -0.25) is 34.2 Å². The van der Waals surface area contributed by atoms with Gasteiger partial charge in [-0.25, -0.2) is 9.37 Å². The van der Waals surface area contributed by atoms with Crippen LogP contribution in [0.15, 0.2) is 54.3 Å². The SMILES string of the molecule is COc1cc(N2CCC(CN3CCC(n4cc5cc(NC(=O)c6csc7nccnc67)c(N6CCCC(F)C6)cc5n4)CC3)CC2)ccc1C(=O)N[C@H]1CCC(=O)NC1=O. The highest BCUT2D eigenvalue weighted by Gasteiger charge is 2.31. The lowest BCUT2D eigenvalue weighted by Crippen LogP contribution is -2.52. The zero-order valence-corrected chi connectivity index (χ0v) is 34.4. The van der Waals surface area contributed by atoms with Gasteiger partial charge in [-0.2, -0.15) is 5.10 Å². The molecule has 4 fully saturated rings. The van der Waals surface area contributed by atoms with Crippen molar-refractivity contribution in [2.75, 3.05) is 68.0 Å². The number of methoxy groups -OCH3 is 1. The second-order valence-electron chi connectivity index (χ2n) is 16.4. The fourth-order valence-electron chi connectivity index (χ4n) is 9.13. The van der Waals surface area contributed by atoms with Gasteiger partial charge in [-0.15, -0.1) is 11.3 Å². The van der Waals surface area contributed by atoms with Crippen molar-refractivity contribution in [3.8, 4) is 5.75 Å². The molecule has 0 saturated carbocycles. The van der Waals surface area contributed by atoms with E-state index in [1.807, 2.05) is 29.2 Å². The first-order valence-electron chi connectivity index (χ1n) is 20.9. The number of benzene rings is 2. The van der Waals surface area contributed by atoms with Gasteiger partial charge in [0.1, 0.15) is 28.3 Å². The largest absolute Gasteiger partial charge is 0.496 e. The molecule has 3 aromatic heterocycles. The van der Waals surface area contributed by atoms with Gasteiger partial charge in [0, 0.05) is 93.3 Å². The zero-order chi connectivity index (χ0) is 41.3. The van der Waals surface area contributed by atoms with Gasteiger partial charge < -0.3 is 30.1 Å². The number of carbonyl (C=O) groups excluding carboxylic acids is 4. The van der Waals surface area contributed by atoms with E-state index in [0.29, 0.717) is 51.8 Å². The summed E-state index contributed by atoms with van der Waals surface area (Å²) in [5, 5.41) is 15.9. The number of rotatable bonds is 10. The van der Waals surface area contributed by atoms with E-state index < -0.39 is 24.0 Å². The van der Waals surface area contributed by atoms with Crippen LogP contribution in [0.25, 0.3) is 21.3 Å². The van der Waals surface area contributed by atoms with Gasteiger partial charge in [0.2, 0.25) is 11.8 Å². The van der Waals surface area contributed by atoms with Gasteiger partial charge in [0.25, 0.3) is 11.8 Å². The summed E-state index contributed by atoms with van der Waals surface area (Å²) in [6.07, 6.45) is 10.2. The molecule has 4 amide bonds. The van der Waals surface area contributed by atoms with Crippen molar-refractivity contribution in [3.05, 3.63) is 65.4 Å². The lowest BCUT2D eigenvalue weighted by atomic mass is 9.94. The number of hydrogen-bond donors (Lipinski definition) is 3. The highest BCUT2D eigenvalue weighted by Crippen LogP contribution is 2.36. The van der Waals surface area contributed by atoms with E-state index in [1.165, 1.54) is 18.4 Å². The monoisotopic (exact) mass is 836 g/mol. The highest BCUT2D eigenvalue weighted by molar-refractivity contribution is 7.17. The lowest BCUT2D eigenvalue weighted by molar-refractivity contribution is -0.134. The molecule has 314 valence electrons. The van der Waals surface area contributed by atoms with E-state index in [4.69, 9.17) is 9.84 Å². The number of nitrogens with one attached hydrogen (secondary N) is 3. The normalized spacial score (nSPS) is 21.0. The fraction of sp³-hybridized carbons (Fsp3) is 0.465. The highest BCUT2D eigenvalue weighted by atomic mass is 32.1. The Morgan fingerprint density at radius 1 is 0.933 bits per heavy atom.